The van der Waals surface area contributed by atoms with Gasteiger partial charge < -0.3 is 39.9 Å². The molecule has 2 fully saturated rings. The number of alkyl carbamates (subject to hydrolysis) is 2. The Morgan fingerprint density at radius 1 is 0.617 bits per heavy atom. The fourth-order valence-electron chi connectivity index (χ4n) is 8.59. The predicted octanol–water partition coefficient (Wildman–Crippen LogP) is 7.87. The first-order valence-electron chi connectivity index (χ1n) is 20.8. The molecule has 316 valence electrons. The Kier molecular flexibility index (Phi) is 12.3. The molecule has 6 atom stereocenters. The fraction of sp³-hybridized carbons (Fsp3) is 0.435. The highest BCUT2D eigenvalue weighted by Crippen LogP contribution is 2.38. The standard InChI is InChI=1S/C46H56N8O6/c1-25(2)39(51-45(57)59-7)43(55)53-23-27(5)17-37(53)41-47-21-35(49-41)30-11-9-29(10-12-30)31-13-14-33-20-34(16-15-32(33)19-31)36-22-48-42(50-36)38-18-28(6)24-54(38)44(56)40(26(3)4)52-46(58)60-8/h9-16,19-22,25-28,37-40H,17-18,23-24H2,1-8H3,(H,47,49)(H,48,50)(H,51,57)(H,52,58). The van der Waals surface area contributed by atoms with Crippen molar-refractivity contribution in [2.45, 2.75) is 78.6 Å². The molecular weight excluding hydrogens is 761 g/mol. The maximum Gasteiger partial charge on any atom is 0.407 e. The molecule has 2 aromatic heterocycles. The molecule has 14 heteroatoms. The van der Waals surface area contributed by atoms with Crippen molar-refractivity contribution in [3.8, 4) is 33.6 Å². The number of nitrogens with zero attached hydrogens (tertiary/aromatic N) is 4. The van der Waals surface area contributed by atoms with Crippen molar-refractivity contribution in [2.24, 2.45) is 23.7 Å². The van der Waals surface area contributed by atoms with Crippen LogP contribution in [0.25, 0.3) is 44.4 Å². The monoisotopic (exact) mass is 816 g/mol. The van der Waals surface area contributed by atoms with Crippen LogP contribution in [-0.4, -0.2) is 93.1 Å². The van der Waals surface area contributed by atoms with E-state index in [9.17, 15) is 19.2 Å². The molecule has 4 N–H and O–H groups in total. The number of rotatable bonds is 11. The number of amides is 4. The molecular formula is C46H56N8O6. The van der Waals surface area contributed by atoms with Crippen LogP contribution in [0.5, 0.6) is 0 Å². The molecule has 3 aromatic carbocycles. The van der Waals surface area contributed by atoms with Crippen LogP contribution in [0.15, 0.2) is 73.1 Å². The van der Waals surface area contributed by atoms with E-state index in [-0.39, 0.29) is 47.6 Å². The minimum absolute atomic E-state index is 0.114. The topological polar surface area (TPSA) is 175 Å². The smallest absolute Gasteiger partial charge is 0.407 e. The number of carbonyl (C=O) groups excluding carboxylic acids is 4. The van der Waals surface area contributed by atoms with Gasteiger partial charge in [0.2, 0.25) is 11.8 Å². The van der Waals surface area contributed by atoms with Crippen molar-refractivity contribution in [3.05, 3.63) is 84.7 Å². The summed E-state index contributed by atoms with van der Waals surface area (Å²) in [6.07, 6.45) is 3.93. The number of hydrogen-bond acceptors (Lipinski definition) is 8. The molecule has 2 aliphatic rings. The lowest BCUT2D eigenvalue weighted by molar-refractivity contribution is -0.136. The van der Waals surface area contributed by atoms with E-state index < -0.39 is 24.3 Å². The van der Waals surface area contributed by atoms with Gasteiger partial charge in [0.05, 0.1) is 50.1 Å². The molecule has 0 aliphatic carbocycles. The number of fused-ring (bicyclic) bond motifs is 1. The number of imidazole rings is 2. The summed E-state index contributed by atoms with van der Waals surface area (Å²) in [7, 11) is 2.59. The molecule has 5 aromatic rings. The van der Waals surface area contributed by atoms with E-state index >= 15 is 0 Å². The van der Waals surface area contributed by atoms with Crippen LogP contribution in [-0.2, 0) is 19.1 Å². The number of hydrogen-bond donors (Lipinski definition) is 4. The third-order valence-electron chi connectivity index (χ3n) is 11.9. The summed E-state index contributed by atoms with van der Waals surface area (Å²) in [5.74, 6) is 1.50. The van der Waals surface area contributed by atoms with Gasteiger partial charge in [-0.1, -0.05) is 90.1 Å². The van der Waals surface area contributed by atoms with Crippen molar-refractivity contribution in [1.29, 1.82) is 0 Å². The SMILES string of the molecule is COC(=O)NC(C(=O)N1CC(C)CC1c1ncc(-c2ccc(-c3ccc4cc(-c5cnc(C6CC(C)CN6C(=O)C(NC(=O)OC)C(C)C)[nH]5)ccc4c3)cc2)[nH]1)C(C)C. The van der Waals surface area contributed by atoms with Gasteiger partial charge in [0.25, 0.3) is 0 Å². The second-order valence-corrected chi connectivity index (χ2v) is 17.1. The Bertz CT molecular complexity index is 2350. The number of aromatic amines is 2. The maximum atomic E-state index is 13.7. The van der Waals surface area contributed by atoms with E-state index in [4.69, 9.17) is 19.4 Å². The number of H-pyrrole nitrogens is 2. The van der Waals surface area contributed by atoms with Gasteiger partial charge in [0, 0.05) is 18.7 Å². The van der Waals surface area contributed by atoms with Crippen molar-refractivity contribution < 1.29 is 28.7 Å². The molecule has 0 radical (unpaired) electrons. The van der Waals surface area contributed by atoms with Crippen LogP contribution in [0.2, 0.25) is 0 Å². The summed E-state index contributed by atoms with van der Waals surface area (Å²) in [6.45, 7) is 13.0. The van der Waals surface area contributed by atoms with Crippen LogP contribution in [0.3, 0.4) is 0 Å². The lowest BCUT2D eigenvalue weighted by Crippen LogP contribution is -2.51. The average molecular weight is 817 g/mol. The van der Waals surface area contributed by atoms with Gasteiger partial charge >= 0.3 is 12.2 Å². The summed E-state index contributed by atoms with van der Waals surface area (Å²) in [6, 6.07) is 19.3. The van der Waals surface area contributed by atoms with Crippen molar-refractivity contribution in [1.82, 2.24) is 40.4 Å². The molecule has 6 unspecified atom stereocenters. The summed E-state index contributed by atoms with van der Waals surface area (Å²) in [4.78, 5) is 71.6. The third kappa shape index (κ3) is 8.73. The number of benzene rings is 3. The normalized spacial score (nSPS) is 20.1. The van der Waals surface area contributed by atoms with Gasteiger partial charge in [0.15, 0.2) is 0 Å². The first kappa shape index (κ1) is 42.0. The first-order chi connectivity index (χ1) is 28.7. The van der Waals surface area contributed by atoms with Crippen molar-refractivity contribution in [2.75, 3.05) is 27.3 Å². The Hall–Kier alpha value is -6.18. The molecule has 0 bridgehead atoms. The first-order valence-corrected chi connectivity index (χ1v) is 20.8. The van der Waals surface area contributed by atoms with Gasteiger partial charge in [-0.15, -0.1) is 0 Å². The minimum atomic E-state index is -0.701. The van der Waals surface area contributed by atoms with Crippen LogP contribution in [0.4, 0.5) is 9.59 Å². The van der Waals surface area contributed by atoms with Crippen LogP contribution >= 0.6 is 0 Å². The number of carbonyl (C=O) groups is 4. The summed E-state index contributed by atoms with van der Waals surface area (Å²) in [5.41, 5.74) is 5.87. The van der Waals surface area contributed by atoms with Crippen LogP contribution in [0.1, 0.15) is 78.1 Å². The van der Waals surface area contributed by atoms with E-state index in [2.05, 4.69) is 95.1 Å². The van der Waals surface area contributed by atoms with Crippen LogP contribution < -0.4 is 10.6 Å². The number of nitrogens with one attached hydrogen (secondary N) is 4. The van der Waals surface area contributed by atoms with E-state index in [0.717, 1.165) is 68.9 Å². The predicted molar refractivity (Wildman–Crippen MR) is 229 cm³/mol. The number of likely N-dealkylation sites (tertiary alicyclic amines) is 2. The Morgan fingerprint density at radius 3 is 1.47 bits per heavy atom. The molecule has 2 saturated heterocycles. The highest BCUT2D eigenvalue weighted by Gasteiger charge is 2.41. The average Bonchev–Trinajstić information content (AvgIpc) is 4.07. The van der Waals surface area contributed by atoms with Crippen molar-refractivity contribution >= 4 is 34.8 Å². The molecule has 0 saturated carbocycles. The Morgan fingerprint density at radius 2 is 1.02 bits per heavy atom. The Labute approximate surface area is 350 Å². The number of methoxy groups -OCH3 is 2. The number of ether oxygens (including phenoxy) is 2. The molecule has 4 amide bonds. The molecule has 7 rings (SSSR count). The van der Waals surface area contributed by atoms with Gasteiger partial charge in [-0.05, 0) is 76.1 Å². The molecule has 2 aliphatic heterocycles. The quantitative estimate of drug-likeness (QED) is 0.104. The molecule has 60 heavy (non-hydrogen) atoms. The van der Waals surface area contributed by atoms with E-state index in [1.165, 1.54) is 14.2 Å². The zero-order chi connectivity index (χ0) is 42.8. The van der Waals surface area contributed by atoms with Gasteiger partial charge in [-0.25, -0.2) is 19.6 Å². The lowest BCUT2D eigenvalue weighted by Gasteiger charge is -2.30. The zero-order valence-corrected chi connectivity index (χ0v) is 35.6. The largest absolute Gasteiger partial charge is 0.453 e. The summed E-state index contributed by atoms with van der Waals surface area (Å²) in [5, 5.41) is 7.62. The summed E-state index contributed by atoms with van der Waals surface area (Å²) >= 11 is 0. The lowest BCUT2D eigenvalue weighted by atomic mass is 9.98. The number of aromatic nitrogens is 4. The fourth-order valence-corrected chi connectivity index (χ4v) is 8.59. The van der Waals surface area contributed by atoms with Gasteiger partial charge in [-0.2, -0.15) is 0 Å². The van der Waals surface area contributed by atoms with Gasteiger partial charge in [-0.3, -0.25) is 9.59 Å². The third-order valence-corrected chi connectivity index (χ3v) is 11.9. The minimum Gasteiger partial charge on any atom is -0.453 e. The zero-order valence-electron chi connectivity index (χ0n) is 35.6. The van der Waals surface area contributed by atoms with E-state index in [1.807, 2.05) is 49.9 Å². The highest BCUT2D eigenvalue weighted by atomic mass is 16.5. The Balaban J connectivity index is 1.04. The second kappa shape index (κ2) is 17.6. The second-order valence-electron chi connectivity index (χ2n) is 17.1. The molecule has 4 heterocycles. The van der Waals surface area contributed by atoms with E-state index in [1.54, 1.807) is 0 Å². The summed E-state index contributed by atoms with van der Waals surface area (Å²) < 4.78 is 9.57. The van der Waals surface area contributed by atoms with Gasteiger partial charge in [0.1, 0.15) is 23.7 Å². The molecule has 14 nitrogen and oxygen atoms in total. The van der Waals surface area contributed by atoms with Crippen LogP contribution in [0, 0.1) is 23.7 Å². The molecule has 0 spiro atoms. The highest BCUT2D eigenvalue weighted by molar-refractivity contribution is 5.91. The van der Waals surface area contributed by atoms with Crippen molar-refractivity contribution in [3.63, 3.8) is 0 Å². The van der Waals surface area contributed by atoms with E-state index in [0.29, 0.717) is 13.1 Å². The maximum absolute atomic E-state index is 13.7.